The molecule has 0 unspecified atom stereocenters. The third-order valence-electron chi connectivity index (χ3n) is 3.48. The number of hydrogen-bond acceptors (Lipinski definition) is 5. The molecule has 26 heavy (non-hydrogen) atoms. The predicted octanol–water partition coefficient (Wildman–Crippen LogP) is 3.55. The molecule has 0 aliphatic heterocycles. The molecule has 136 valence electrons. The molecule has 0 aromatic heterocycles. The van der Waals surface area contributed by atoms with Gasteiger partial charge < -0.3 is 19.3 Å². The lowest BCUT2D eigenvalue weighted by molar-refractivity contribution is -0.131. The van der Waals surface area contributed by atoms with E-state index in [1.807, 2.05) is 0 Å². The Hall–Kier alpha value is -3.28. The highest BCUT2D eigenvalue weighted by Gasteiger charge is 2.08. The number of rotatable bonds is 8. The number of benzene rings is 2. The maximum absolute atomic E-state index is 11.6. The van der Waals surface area contributed by atoms with E-state index in [9.17, 15) is 9.59 Å². The first kappa shape index (κ1) is 19.1. The molecular formula is C20H20O6. The fourth-order valence-electron chi connectivity index (χ4n) is 2.25. The van der Waals surface area contributed by atoms with E-state index < -0.39 is 5.97 Å². The molecule has 6 nitrogen and oxygen atoms in total. The van der Waals surface area contributed by atoms with E-state index in [1.165, 1.54) is 6.08 Å². The topological polar surface area (TPSA) is 82.1 Å². The summed E-state index contributed by atoms with van der Waals surface area (Å²) in [6, 6.07) is 12.0. The van der Waals surface area contributed by atoms with E-state index in [0.717, 1.165) is 17.2 Å². The number of esters is 1. The van der Waals surface area contributed by atoms with Gasteiger partial charge >= 0.3 is 11.9 Å². The molecule has 2 rings (SSSR count). The SMILES string of the molecule is CCOC(=O)c1ccc(OCc2cc(C=CC(=O)O)ccc2OC)cc1. The Morgan fingerprint density at radius 2 is 1.85 bits per heavy atom. The van der Waals surface area contributed by atoms with Crippen molar-refractivity contribution in [3.63, 3.8) is 0 Å². The number of aliphatic carboxylic acids is 1. The van der Waals surface area contributed by atoms with Gasteiger partial charge in [0.15, 0.2) is 0 Å². The van der Waals surface area contributed by atoms with Crippen molar-refractivity contribution in [1.82, 2.24) is 0 Å². The first-order valence-corrected chi connectivity index (χ1v) is 8.01. The maximum Gasteiger partial charge on any atom is 0.338 e. The second-order valence-electron chi connectivity index (χ2n) is 5.28. The van der Waals surface area contributed by atoms with Crippen molar-refractivity contribution in [1.29, 1.82) is 0 Å². The predicted molar refractivity (Wildman–Crippen MR) is 96.4 cm³/mol. The van der Waals surface area contributed by atoms with Crippen LogP contribution in [0.25, 0.3) is 6.08 Å². The molecule has 0 atom stereocenters. The van der Waals surface area contributed by atoms with Gasteiger partial charge in [0.05, 0.1) is 19.3 Å². The average Bonchev–Trinajstić information content (AvgIpc) is 2.65. The Morgan fingerprint density at radius 3 is 2.46 bits per heavy atom. The molecule has 0 heterocycles. The molecule has 2 aromatic rings. The lowest BCUT2D eigenvalue weighted by atomic mass is 10.1. The smallest absolute Gasteiger partial charge is 0.338 e. The molecule has 0 fully saturated rings. The third-order valence-corrected chi connectivity index (χ3v) is 3.48. The summed E-state index contributed by atoms with van der Waals surface area (Å²) in [7, 11) is 1.56. The van der Waals surface area contributed by atoms with Crippen LogP contribution in [0.2, 0.25) is 0 Å². The summed E-state index contributed by atoms with van der Waals surface area (Å²) < 4.78 is 16.0. The van der Waals surface area contributed by atoms with Gasteiger partial charge in [0.25, 0.3) is 0 Å². The maximum atomic E-state index is 11.6. The molecule has 6 heteroatoms. The van der Waals surface area contributed by atoms with Crippen LogP contribution in [0.4, 0.5) is 0 Å². The minimum absolute atomic E-state index is 0.233. The van der Waals surface area contributed by atoms with Gasteiger partial charge in [-0.2, -0.15) is 0 Å². The van der Waals surface area contributed by atoms with Crippen LogP contribution in [0.1, 0.15) is 28.4 Å². The number of carbonyl (C=O) groups excluding carboxylic acids is 1. The van der Waals surface area contributed by atoms with E-state index in [2.05, 4.69) is 0 Å². The standard InChI is InChI=1S/C20H20O6/c1-3-25-20(23)15-6-8-17(9-7-15)26-13-16-12-14(5-11-19(21)22)4-10-18(16)24-2/h4-12H,3,13H2,1-2H3,(H,21,22). The Bertz CT molecular complexity index is 792. The molecule has 0 aliphatic rings. The van der Waals surface area contributed by atoms with Crippen LogP contribution in [-0.4, -0.2) is 30.8 Å². The molecule has 2 aromatic carbocycles. The Kier molecular flexibility index (Phi) is 6.79. The number of hydrogen-bond donors (Lipinski definition) is 1. The van der Waals surface area contributed by atoms with Crippen molar-refractivity contribution in [2.75, 3.05) is 13.7 Å². The van der Waals surface area contributed by atoms with Gasteiger partial charge in [-0.05, 0) is 55.0 Å². The second kappa shape index (κ2) is 9.27. The summed E-state index contributed by atoms with van der Waals surface area (Å²) in [5.74, 6) is -0.161. The minimum atomic E-state index is -1.01. The van der Waals surface area contributed by atoms with Crippen LogP contribution in [0.5, 0.6) is 11.5 Å². The molecule has 0 radical (unpaired) electrons. The lowest BCUT2D eigenvalue weighted by Gasteiger charge is -2.11. The van der Waals surface area contributed by atoms with E-state index in [-0.39, 0.29) is 12.6 Å². The molecular weight excluding hydrogens is 336 g/mol. The number of carbonyl (C=O) groups is 2. The van der Waals surface area contributed by atoms with Crippen LogP contribution in [0.15, 0.2) is 48.5 Å². The molecule has 0 amide bonds. The van der Waals surface area contributed by atoms with Gasteiger partial charge in [-0.25, -0.2) is 9.59 Å². The summed E-state index contributed by atoms with van der Waals surface area (Å²) >= 11 is 0. The van der Waals surface area contributed by atoms with E-state index >= 15 is 0 Å². The summed E-state index contributed by atoms with van der Waals surface area (Å²) in [6.45, 7) is 2.31. The largest absolute Gasteiger partial charge is 0.496 e. The molecule has 0 aliphatic carbocycles. The zero-order valence-corrected chi connectivity index (χ0v) is 14.6. The highest BCUT2D eigenvalue weighted by molar-refractivity contribution is 5.89. The normalized spacial score (nSPS) is 10.5. The molecule has 1 N–H and O–H groups in total. The van der Waals surface area contributed by atoms with Crippen molar-refractivity contribution >= 4 is 18.0 Å². The van der Waals surface area contributed by atoms with Crippen molar-refractivity contribution in [3.8, 4) is 11.5 Å². The van der Waals surface area contributed by atoms with Crippen LogP contribution in [0.3, 0.4) is 0 Å². The first-order valence-electron chi connectivity index (χ1n) is 8.01. The molecule has 0 bridgehead atoms. The van der Waals surface area contributed by atoms with Crippen molar-refractivity contribution < 1.29 is 28.9 Å². The highest BCUT2D eigenvalue weighted by atomic mass is 16.5. The van der Waals surface area contributed by atoms with Crippen molar-refractivity contribution in [2.45, 2.75) is 13.5 Å². The average molecular weight is 356 g/mol. The Balaban J connectivity index is 2.09. The van der Waals surface area contributed by atoms with Crippen molar-refractivity contribution in [3.05, 3.63) is 65.2 Å². The lowest BCUT2D eigenvalue weighted by Crippen LogP contribution is -2.04. The highest BCUT2D eigenvalue weighted by Crippen LogP contribution is 2.23. The van der Waals surface area contributed by atoms with Crippen LogP contribution >= 0.6 is 0 Å². The van der Waals surface area contributed by atoms with Crippen LogP contribution in [-0.2, 0) is 16.1 Å². The van der Waals surface area contributed by atoms with Crippen molar-refractivity contribution in [2.24, 2.45) is 0 Å². The number of methoxy groups -OCH3 is 1. The van der Waals surface area contributed by atoms with Gasteiger partial charge in [-0.3, -0.25) is 0 Å². The number of carboxylic acid groups (broad SMARTS) is 1. The molecule has 0 spiro atoms. The summed E-state index contributed by atoms with van der Waals surface area (Å²) in [5, 5.41) is 8.72. The fourth-order valence-corrected chi connectivity index (χ4v) is 2.25. The van der Waals surface area contributed by atoms with E-state index in [0.29, 0.717) is 23.7 Å². The van der Waals surface area contributed by atoms with Gasteiger partial charge in [0.1, 0.15) is 18.1 Å². The Morgan fingerprint density at radius 1 is 1.12 bits per heavy atom. The third kappa shape index (κ3) is 5.37. The first-order chi connectivity index (χ1) is 12.5. The quantitative estimate of drug-likeness (QED) is 0.575. The second-order valence-corrected chi connectivity index (χ2v) is 5.28. The molecule has 0 saturated carbocycles. The number of carboxylic acids is 1. The summed E-state index contributed by atoms with van der Waals surface area (Å²) in [5.41, 5.74) is 1.96. The Labute approximate surface area is 151 Å². The number of ether oxygens (including phenoxy) is 3. The van der Waals surface area contributed by atoms with Gasteiger partial charge in [-0.15, -0.1) is 0 Å². The van der Waals surface area contributed by atoms with Gasteiger partial charge in [0, 0.05) is 11.6 Å². The van der Waals surface area contributed by atoms with Crippen LogP contribution < -0.4 is 9.47 Å². The zero-order chi connectivity index (χ0) is 18.9. The van der Waals surface area contributed by atoms with Crippen LogP contribution in [0, 0.1) is 0 Å². The summed E-state index contributed by atoms with van der Waals surface area (Å²) in [4.78, 5) is 22.3. The minimum Gasteiger partial charge on any atom is -0.496 e. The van der Waals surface area contributed by atoms with Gasteiger partial charge in [-0.1, -0.05) is 6.07 Å². The fraction of sp³-hybridized carbons (Fsp3) is 0.200. The monoisotopic (exact) mass is 356 g/mol. The van der Waals surface area contributed by atoms with E-state index in [4.69, 9.17) is 19.3 Å². The van der Waals surface area contributed by atoms with E-state index in [1.54, 1.807) is 56.5 Å². The molecule has 0 saturated heterocycles. The summed E-state index contributed by atoms with van der Waals surface area (Å²) in [6.07, 6.45) is 2.57. The van der Waals surface area contributed by atoms with Gasteiger partial charge in [0.2, 0.25) is 0 Å². The zero-order valence-electron chi connectivity index (χ0n) is 14.6.